The molecule has 0 aliphatic rings. The molecule has 1 aromatic carbocycles. The van der Waals surface area contributed by atoms with E-state index >= 15 is 0 Å². The number of ether oxygens (including phenoxy) is 3. The second-order valence-corrected chi connectivity index (χ2v) is 11.1. The molecule has 7 nitrogen and oxygen atoms in total. The number of thioether (sulfide) groups is 1. The summed E-state index contributed by atoms with van der Waals surface area (Å²) in [6, 6.07) is 10.1. The van der Waals surface area contributed by atoms with Crippen molar-refractivity contribution in [2.75, 3.05) is 24.7 Å². The first-order valence-corrected chi connectivity index (χ1v) is 15.2. The van der Waals surface area contributed by atoms with E-state index in [2.05, 4.69) is 6.92 Å². The van der Waals surface area contributed by atoms with Crippen LogP contribution >= 0.6 is 20.2 Å². The molecule has 0 fully saturated rings. The van der Waals surface area contributed by atoms with Gasteiger partial charge in [0.25, 0.3) is 0 Å². The van der Waals surface area contributed by atoms with Gasteiger partial charge in [0.2, 0.25) is 8.46 Å². The zero-order chi connectivity index (χ0) is 26.5. The van der Waals surface area contributed by atoms with Crippen LogP contribution in [0.4, 0.5) is 0 Å². The van der Waals surface area contributed by atoms with E-state index in [0.29, 0.717) is 19.1 Å². The van der Waals surface area contributed by atoms with Crippen LogP contribution in [0.5, 0.6) is 5.75 Å². The van der Waals surface area contributed by atoms with E-state index in [1.807, 2.05) is 49.0 Å². The molecule has 36 heavy (non-hydrogen) atoms. The van der Waals surface area contributed by atoms with Crippen molar-refractivity contribution in [2.45, 2.75) is 102 Å². The summed E-state index contributed by atoms with van der Waals surface area (Å²) in [5.41, 5.74) is -2.67. The van der Waals surface area contributed by atoms with E-state index in [1.165, 1.54) is 37.9 Å². The Balaban J connectivity index is 1.93. The quantitative estimate of drug-likeness (QED) is 0.0821. The molecule has 0 aliphatic heterocycles. The van der Waals surface area contributed by atoms with Crippen molar-refractivity contribution in [3.8, 4) is 5.75 Å². The summed E-state index contributed by atoms with van der Waals surface area (Å²) in [6.07, 6.45) is 12.6. The summed E-state index contributed by atoms with van der Waals surface area (Å²) in [6.45, 7) is 4.60. The Morgan fingerprint density at radius 3 is 2.33 bits per heavy atom. The number of hydrogen-bond acceptors (Lipinski definition) is 7. The van der Waals surface area contributed by atoms with Crippen LogP contribution in [0.2, 0.25) is 0 Å². The van der Waals surface area contributed by atoms with Gasteiger partial charge in [-0.1, -0.05) is 63.6 Å². The maximum atomic E-state index is 10.8. The average Bonchev–Trinajstić information content (AvgIpc) is 2.87. The molecule has 0 saturated carbocycles. The van der Waals surface area contributed by atoms with Crippen LogP contribution in [-0.2, 0) is 18.8 Å². The van der Waals surface area contributed by atoms with Gasteiger partial charge in [-0.3, -0.25) is 4.57 Å². The van der Waals surface area contributed by atoms with Crippen LogP contribution in [0, 0.1) is 0 Å². The lowest BCUT2D eigenvalue weighted by Gasteiger charge is -2.18. The van der Waals surface area contributed by atoms with E-state index in [4.69, 9.17) is 19.3 Å². The molecule has 0 amide bonds. The van der Waals surface area contributed by atoms with Crippen molar-refractivity contribution < 1.29 is 33.8 Å². The van der Waals surface area contributed by atoms with Crippen molar-refractivity contribution in [1.29, 1.82) is 0 Å². The largest absolute Gasteiger partial charge is 0.490 e. The van der Waals surface area contributed by atoms with Crippen LogP contribution in [0.25, 0.3) is 0 Å². The van der Waals surface area contributed by atoms with E-state index in [0.717, 1.165) is 43.6 Å². The number of unbranched alkanes of at least 4 members (excludes halogenated alkanes) is 5. The molecule has 1 aromatic rings. The van der Waals surface area contributed by atoms with Crippen LogP contribution in [0.3, 0.4) is 0 Å². The first-order chi connectivity index (χ1) is 17.4. The number of hydrogen-bond donors (Lipinski definition) is 2. The van der Waals surface area contributed by atoms with Gasteiger partial charge in [0.1, 0.15) is 5.75 Å². The van der Waals surface area contributed by atoms with Gasteiger partial charge in [0.05, 0.1) is 18.8 Å². The van der Waals surface area contributed by atoms with E-state index in [-0.39, 0.29) is 12.7 Å². The molecular formula is C27H45O7PS. The Kier molecular flexibility index (Phi) is 19.0. The molecule has 0 saturated heterocycles. The molecule has 206 valence electrons. The third-order valence-corrected chi connectivity index (χ3v) is 7.46. The Labute approximate surface area is 222 Å². The number of benzene rings is 1. The highest BCUT2D eigenvalue weighted by atomic mass is 32.2. The van der Waals surface area contributed by atoms with Gasteiger partial charge in [0, 0.05) is 6.61 Å². The van der Waals surface area contributed by atoms with Gasteiger partial charge in [-0.25, -0.2) is 4.79 Å². The van der Waals surface area contributed by atoms with E-state index < -0.39 is 20.0 Å². The van der Waals surface area contributed by atoms with Crippen molar-refractivity contribution >= 4 is 26.2 Å². The molecule has 1 rings (SSSR count). The van der Waals surface area contributed by atoms with Gasteiger partial charge in [0.15, 0.2) is 0 Å². The van der Waals surface area contributed by atoms with Crippen LogP contribution < -0.4 is 4.74 Å². The summed E-state index contributed by atoms with van der Waals surface area (Å²) in [5, 5.41) is 18.2. The van der Waals surface area contributed by atoms with Gasteiger partial charge < -0.3 is 24.4 Å². The molecule has 2 N–H and O–H groups in total. The minimum atomic E-state index is -2.67. The zero-order valence-corrected chi connectivity index (χ0v) is 23.7. The van der Waals surface area contributed by atoms with Crippen molar-refractivity contribution in [3.63, 3.8) is 0 Å². The standard InChI is InChI=1S/C27H45O7PS/c1-3-14-24(34-25-16-10-8-11-17-25)18-22-36-21-12-7-5-4-6-9-15-23(2)32-19-13-20-33-27(30,35-31)26(28)29/h8,10-11,16-17,23-24,30H,3-7,9,12-15,18-22H2,1-2H3,(H,28,29). The molecule has 0 spiro atoms. The van der Waals surface area contributed by atoms with Crippen molar-refractivity contribution in [1.82, 2.24) is 0 Å². The molecular weight excluding hydrogens is 499 g/mol. The molecule has 0 aromatic heterocycles. The highest BCUT2D eigenvalue weighted by Crippen LogP contribution is 2.22. The highest BCUT2D eigenvalue weighted by molar-refractivity contribution is 7.99. The predicted molar refractivity (Wildman–Crippen MR) is 146 cm³/mol. The molecule has 0 radical (unpaired) electrons. The Morgan fingerprint density at radius 1 is 0.972 bits per heavy atom. The summed E-state index contributed by atoms with van der Waals surface area (Å²) < 4.78 is 27.3. The molecule has 0 aliphatic carbocycles. The lowest BCUT2D eigenvalue weighted by molar-refractivity contribution is -0.190. The minimum Gasteiger partial charge on any atom is -0.490 e. The number of carboxylic acid groups (broad SMARTS) is 1. The normalized spacial score (nSPS) is 14.9. The zero-order valence-electron chi connectivity index (χ0n) is 21.9. The maximum absolute atomic E-state index is 10.8. The fourth-order valence-electron chi connectivity index (χ4n) is 3.70. The average molecular weight is 545 g/mol. The summed E-state index contributed by atoms with van der Waals surface area (Å²) in [5.74, 6) is 1.68. The topological polar surface area (TPSA) is 102 Å². The molecule has 9 heteroatoms. The van der Waals surface area contributed by atoms with E-state index in [9.17, 15) is 14.5 Å². The van der Waals surface area contributed by atoms with Gasteiger partial charge in [-0.15, -0.1) is 0 Å². The lowest BCUT2D eigenvalue weighted by Crippen LogP contribution is -2.35. The molecule has 3 unspecified atom stereocenters. The number of para-hydroxylation sites is 1. The van der Waals surface area contributed by atoms with Crippen LogP contribution in [0.1, 0.15) is 84.5 Å². The van der Waals surface area contributed by atoms with Gasteiger partial charge in [-0.05, 0) is 62.7 Å². The van der Waals surface area contributed by atoms with Gasteiger partial charge >= 0.3 is 11.5 Å². The second kappa shape index (κ2) is 20.8. The number of aliphatic hydroxyl groups is 1. The fourth-order valence-corrected chi connectivity index (χ4v) is 4.97. The second-order valence-electron chi connectivity index (χ2n) is 9.04. The Morgan fingerprint density at radius 2 is 1.67 bits per heavy atom. The SMILES string of the molecule is CCCC(CCSCCCCCCCCC(C)OCCCOC(O)(P=O)C(=O)O)Oc1ccccc1. The smallest absolute Gasteiger partial charge is 0.377 e. The first kappa shape index (κ1) is 32.8. The molecule has 0 bridgehead atoms. The van der Waals surface area contributed by atoms with Gasteiger partial charge in [-0.2, -0.15) is 11.8 Å². The monoisotopic (exact) mass is 544 g/mol. The molecule has 0 heterocycles. The van der Waals surface area contributed by atoms with Crippen LogP contribution in [-0.4, -0.2) is 58.6 Å². The number of aliphatic carboxylic acids is 1. The first-order valence-electron chi connectivity index (χ1n) is 13.3. The van der Waals surface area contributed by atoms with Crippen molar-refractivity contribution in [3.05, 3.63) is 30.3 Å². The third kappa shape index (κ3) is 15.8. The van der Waals surface area contributed by atoms with Crippen molar-refractivity contribution in [2.24, 2.45) is 0 Å². The summed E-state index contributed by atoms with van der Waals surface area (Å²) >= 11 is 2.04. The summed E-state index contributed by atoms with van der Waals surface area (Å²) in [4.78, 5) is 10.8. The maximum Gasteiger partial charge on any atom is 0.377 e. The Bertz CT molecular complexity index is 694. The third-order valence-electron chi connectivity index (χ3n) is 5.79. The fraction of sp³-hybridized carbons (Fsp3) is 0.741. The number of carboxylic acids is 1. The predicted octanol–water partition coefficient (Wildman–Crippen LogP) is 6.92. The highest BCUT2D eigenvalue weighted by Gasteiger charge is 2.38. The minimum absolute atomic E-state index is 0.0379. The molecule has 3 atom stereocenters. The van der Waals surface area contributed by atoms with Crippen LogP contribution in [0.15, 0.2) is 30.3 Å². The Hall–Kier alpha value is -1.18. The van der Waals surface area contributed by atoms with E-state index in [1.54, 1.807) is 0 Å². The summed E-state index contributed by atoms with van der Waals surface area (Å²) in [7, 11) is -0.986. The number of carbonyl (C=O) groups is 1. The lowest BCUT2D eigenvalue weighted by atomic mass is 10.1. The number of rotatable bonds is 24.